The van der Waals surface area contributed by atoms with Crippen LogP contribution in [0, 0.1) is 0 Å². The van der Waals surface area contributed by atoms with Gasteiger partial charge in [0, 0.05) is 11.6 Å². The van der Waals surface area contributed by atoms with Crippen molar-refractivity contribution in [2.24, 2.45) is 0 Å². The molecule has 0 fully saturated rings. The summed E-state index contributed by atoms with van der Waals surface area (Å²) in [5, 5.41) is 10.3. The number of pyridine rings is 1. The predicted molar refractivity (Wildman–Crippen MR) is 75.9 cm³/mol. The van der Waals surface area contributed by atoms with Crippen LogP contribution in [0.3, 0.4) is 0 Å². The normalized spacial score (nSPS) is 10.7. The number of rotatable bonds is 2. The number of methoxy groups -OCH3 is 1. The van der Waals surface area contributed by atoms with Gasteiger partial charge in [-0.25, -0.2) is 4.79 Å². The lowest BCUT2D eigenvalue weighted by molar-refractivity contribution is -0.517. The zero-order valence-corrected chi connectivity index (χ0v) is 11.6. The molecule has 0 saturated heterocycles. The van der Waals surface area contributed by atoms with Gasteiger partial charge < -0.3 is 9.84 Å². The van der Waals surface area contributed by atoms with Crippen LogP contribution < -0.4 is 4.40 Å². The Kier molecular flexibility index (Phi) is 3.12. The second-order valence-electron chi connectivity index (χ2n) is 4.21. The quantitative estimate of drug-likeness (QED) is 0.582. The molecule has 2 aromatic heterocycles. The molecule has 0 atom stereocenters. The largest absolute Gasteiger partial charge is 0.465 e. The molecule has 0 spiro atoms. The van der Waals surface area contributed by atoms with E-state index in [1.165, 1.54) is 18.4 Å². The first-order chi connectivity index (χ1) is 9.72. The average Bonchev–Trinajstić information content (AvgIpc) is 2.85. The van der Waals surface area contributed by atoms with E-state index in [0.717, 1.165) is 10.4 Å². The SMILES string of the molecule is COC(=O)c1ccc[n+]2c(O)c(-c3ccccc3)sc12. The van der Waals surface area contributed by atoms with Gasteiger partial charge in [0.25, 0.3) is 4.83 Å². The van der Waals surface area contributed by atoms with Gasteiger partial charge in [0.1, 0.15) is 5.56 Å². The molecule has 3 aromatic rings. The number of fused-ring (bicyclic) bond motifs is 1. The maximum atomic E-state index is 11.8. The third-order valence-corrected chi connectivity index (χ3v) is 4.25. The van der Waals surface area contributed by atoms with Crippen molar-refractivity contribution in [3.63, 3.8) is 0 Å². The molecule has 0 saturated carbocycles. The van der Waals surface area contributed by atoms with Crippen molar-refractivity contribution in [1.29, 1.82) is 0 Å². The van der Waals surface area contributed by atoms with E-state index < -0.39 is 5.97 Å². The first kappa shape index (κ1) is 12.6. The number of hydrogen-bond acceptors (Lipinski definition) is 4. The van der Waals surface area contributed by atoms with E-state index >= 15 is 0 Å². The fourth-order valence-corrected chi connectivity index (χ4v) is 3.20. The zero-order chi connectivity index (χ0) is 14.1. The number of ether oxygens (including phenoxy) is 1. The van der Waals surface area contributed by atoms with Crippen LogP contribution in [-0.2, 0) is 4.74 Å². The van der Waals surface area contributed by atoms with Crippen molar-refractivity contribution in [2.45, 2.75) is 0 Å². The molecule has 0 unspecified atom stereocenters. The molecule has 3 rings (SSSR count). The molecule has 2 heterocycles. The maximum Gasteiger partial charge on any atom is 0.390 e. The van der Waals surface area contributed by atoms with E-state index in [1.807, 2.05) is 30.3 Å². The predicted octanol–water partition coefficient (Wildman–Crippen LogP) is 2.65. The van der Waals surface area contributed by atoms with Crippen LogP contribution in [0.4, 0.5) is 0 Å². The first-order valence-corrected chi connectivity index (χ1v) is 6.84. The summed E-state index contributed by atoms with van der Waals surface area (Å²) in [5.41, 5.74) is 1.35. The highest BCUT2D eigenvalue weighted by molar-refractivity contribution is 7.20. The Morgan fingerprint density at radius 3 is 2.65 bits per heavy atom. The number of aromatic hydroxyl groups is 1. The Bertz CT molecular complexity index is 780. The molecule has 0 amide bonds. The molecule has 1 N–H and O–H groups in total. The van der Waals surface area contributed by atoms with Crippen molar-refractivity contribution in [3.05, 3.63) is 54.2 Å². The Morgan fingerprint density at radius 2 is 1.95 bits per heavy atom. The molecular formula is C15H12NO3S+. The van der Waals surface area contributed by atoms with Gasteiger partial charge in [0.15, 0.2) is 11.1 Å². The summed E-state index contributed by atoms with van der Waals surface area (Å²) in [7, 11) is 1.34. The lowest BCUT2D eigenvalue weighted by Crippen LogP contribution is -2.20. The molecule has 0 aliphatic carbocycles. The number of aromatic nitrogens is 1. The molecular weight excluding hydrogens is 274 g/mol. The molecule has 0 bridgehead atoms. The standard InChI is InChI=1S/C15H11NO3S/c1-19-15(18)11-8-5-9-16-13(17)12(20-14(11)16)10-6-3-2-4-7-10/h2-9H,1H3/p+1. The van der Waals surface area contributed by atoms with E-state index in [-0.39, 0.29) is 5.88 Å². The van der Waals surface area contributed by atoms with Gasteiger partial charge >= 0.3 is 11.8 Å². The summed E-state index contributed by atoms with van der Waals surface area (Å²) in [4.78, 5) is 13.2. The van der Waals surface area contributed by atoms with Gasteiger partial charge in [-0.2, -0.15) is 0 Å². The smallest absolute Gasteiger partial charge is 0.390 e. The number of esters is 1. The van der Waals surface area contributed by atoms with Crippen molar-refractivity contribution < 1.29 is 19.0 Å². The molecule has 100 valence electrons. The average molecular weight is 286 g/mol. The Hall–Kier alpha value is -2.40. The van der Waals surface area contributed by atoms with Gasteiger partial charge in [0.05, 0.1) is 7.11 Å². The van der Waals surface area contributed by atoms with Crippen LogP contribution in [0.25, 0.3) is 15.3 Å². The van der Waals surface area contributed by atoms with E-state index in [0.29, 0.717) is 10.4 Å². The van der Waals surface area contributed by atoms with Crippen molar-refractivity contribution in [3.8, 4) is 16.3 Å². The molecule has 4 nitrogen and oxygen atoms in total. The second-order valence-corrected chi connectivity index (χ2v) is 5.21. The third kappa shape index (κ3) is 1.92. The molecule has 20 heavy (non-hydrogen) atoms. The van der Waals surface area contributed by atoms with E-state index in [4.69, 9.17) is 4.74 Å². The van der Waals surface area contributed by atoms with E-state index in [9.17, 15) is 9.90 Å². The maximum absolute atomic E-state index is 11.8. The van der Waals surface area contributed by atoms with Crippen LogP contribution in [-0.4, -0.2) is 18.2 Å². The first-order valence-electron chi connectivity index (χ1n) is 6.02. The summed E-state index contributed by atoms with van der Waals surface area (Å²) >= 11 is 1.36. The number of benzene rings is 1. The van der Waals surface area contributed by atoms with Crippen LogP contribution in [0.1, 0.15) is 10.4 Å². The van der Waals surface area contributed by atoms with Crippen molar-refractivity contribution >= 4 is 22.1 Å². The van der Waals surface area contributed by atoms with E-state index in [2.05, 4.69) is 0 Å². The van der Waals surface area contributed by atoms with Crippen molar-refractivity contribution in [2.75, 3.05) is 7.11 Å². The minimum absolute atomic E-state index is 0.127. The van der Waals surface area contributed by atoms with Crippen LogP contribution in [0.5, 0.6) is 5.88 Å². The summed E-state index contributed by atoms with van der Waals surface area (Å²) in [6, 6.07) is 13.0. The van der Waals surface area contributed by atoms with Crippen LogP contribution >= 0.6 is 11.3 Å². The van der Waals surface area contributed by atoms with Crippen LogP contribution in [0.15, 0.2) is 48.7 Å². The number of thiazole rings is 1. The number of hydrogen-bond donors (Lipinski definition) is 1. The number of carbonyl (C=O) groups is 1. The Labute approximate surface area is 119 Å². The lowest BCUT2D eigenvalue weighted by Gasteiger charge is -1.95. The van der Waals surface area contributed by atoms with Gasteiger partial charge in [-0.3, -0.25) is 0 Å². The summed E-state index contributed by atoms with van der Waals surface area (Å²) in [6.07, 6.45) is 1.72. The van der Waals surface area contributed by atoms with Crippen molar-refractivity contribution in [1.82, 2.24) is 0 Å². The third-order valence-electron chi connectivity index (χ3n) is 3.02. The Morgan fingerprint density at radius 1 is 1.20 bits per heavy atom. The minimum atomic E-state index is -0.413. The molecule has 1 aromatic carbocycles. The fraction of sp³-hybridized carbons (Fsp3) is 0.0667. The molecule has 0 radical (unpaired) electrons. The molecule has 0 aliphatic heterocycles. The molecule has 0 aliphatic rings. The number of nitrogens with zero attached hydrogens (tertiary/aromatic N) is 1. The van der Waals surface area contributed by atoms with Gasteiger partial charge in [-0.15, -0.1) is 4.40 Å². The van der Waals surface area contributed by atoms with Crippen LogP contribution in [0.2, 0.25) is 0 Å². The van der Waals surface area contributed by atoms with Gasteiger partial charge in [0.2, 0.25) is 0 Å². The highest BCUT2D eigenvalue weighted by Crippen LogP contribution is 2.34. The summed E-state index contributed by atoms with van der Waals surface area (Å²) in [5.74, 6) is -0.286. The highest BCUT2D eigenvalue weighted by Gasteiger charge is 2.26. The summed E-state index contributed by atoms with van der Waals surface area (Å²) in [6.45, 7) is 0. The minimum Gasteiger partial charge on any atom is -0.465 e. The van der Waals surface area contributed by atoms with Gasteiger partial charge in [-0.1, -0.05) is 41.7 Å². The fourth-order valence-electron chi connectivity index (χ4n) is 2.06. The summed E-state index contributed by atoms with van der Waals surface area (Å²) < 4.78 is 6.37. The molecule has 5 heteroatoms. The second kappa shape index (κ2) is 4.94. The highest BCUT2D eigenvalue weighted by atomic mass is 32.1. The monoisotopic (exact) mass is 286 g/mol. The lowest BCUT2D eigenvalue weighted by atomic mass is 10.2. The Balaban J connectivity index is 2.27. The van der Waals surface area contributed by atoms with E-state index in [1.54, 1.807) is 22.7 Å². The van der Waals surface area contributed by atoms with Gasteiger partial charge in [-0.05, 0) is 6.07 Å². The number of carbonyl (C=O) groups excluding carboxylic acids is 1. The zero-order valence-electron chi connectivity index (χ0n) is 10.7. The topological polar surface area (TPSA) is 50.6 Å².